The van der Waals surface area contributed by atoms with Crippen LogP contribution in [-0.2, 0) is 9.53 Å². The van der Waals surface area contributed by atoms with Gasteiger partial charge >= 0.3 is 5.97 Å². The first kappa shape index (κ1) is 22.1. The van der Waals surface area contributed by atoms with E-state index in [9.17, 15) is 4.79 Å². The van der Waals surface area contributed by atoms with E-state index in [1.807, 2.05) is 24.3 Å². The van der Waals surface area contributed by atoms with Gasteiger partial charge in [0.15, 0.2) is 0 Å². The van der Waals surface area contributed by atoms with Crippen molar-refractivity contribution < 1.29 is 9.53 Å². The highest BCUT2D eigenvalue weighted by atomic mass is 16.5. The predicted molar refractivity (Wildman–Crippen MR) is 117 cm³/mol. The van der Waals surface area contributed by atoms with Crippen molar-refractivity contribution in [3.05, 3.63) is 35.9 Å². The van der Waals surface area contributed by atoms with Crippen LogP contribution in [0.4, 0.5) is 23.5 Å². The Balaban J connectivity index is 1.99. The van der Waals surface area contributed by atoms with Crippen LogP contribution < -0.4 is 16.0 Å². The molecule has 156 valence electrons. The molecule has 0 spiro atoms. The Kier molecular flexibility index (Phi) is 9.41. The molecule has 3 N–H and O–H groups in total. The van der Waals surface area contributed by atoms with E-state index in [0.717, 1.165) is 24.2 Å². The molecule has 1 aromatic heterocycles. The van der Waals surface area contributed by atoms with Crippen molar-refractivity contribution >= 4 is 35.6 Å². The number of benzene rings is 1. The number of aromatic nitrogens is 3. The summed E-state index contributed by atoms with van der Waals surface area (Å²) in [6.45, 7) is 5.16. The average Bonchev–Trinajstić information content (AvgIpc) is 2.73. The molecule has 0 aliphatic carbocycles. The third-order valence-electron chi connectivity index (χ3n) is 4.04. The molecule has 29 heavy (non-hydrogen) atoms. The Morgan fingerprint density at radius 2 is 1.72 bits per heavy atom. The van der Waals surface area contributed by atoms with Gasteiger partial charge in [0.2, 0.25) is 17.8 Å². The smallest absolute Gasteiger partial charge is 0.330 e. The number of rotatable bonds is 12. The number of hydrogen-bond donors (Lipinski definition) is 3. The zero-order chi connectivity index (χ0) is 20.9. The van der Waals surface area contributed by atoms with Crippen LogP contribution in [0.1, 0.15) is 45.1 Å². The number of anilines is 4. The minimum Gasteiger partial charge on any atom is -0.463 e. The number of hydrogen-bond acceptors (Lipinski definition) is 8. The van der Waals surface area contributed by atoms with Gasteiger partial charge in [0.25, 0.3) is 0 Å². The van der Waals surface area contributed by atoms with Crippen LogP contribution in [0.3, 0.4) is 0 Å². The largest absolute Gasteiger partial charge is 0.463 e. The third kappa shape index (κ3) is 8.16. The summed E-state index contributed by atoms with van der Waals surface area (Å²) in [7, 11) is 1.77. The highest BCUT2D eigenvalue weighted by molar-refractivity contribution is 5.87. The first-order valence-corrected chi connectivity index (χ1v) is 10.0. The number of nitrogens with zero attached hydrogens (tertiary/aromatic N) is 3. The van der Waals surface area contributed by atoms with Gasteiger partial charge in [-0.1, -0.05) is 38.3 Å². The topological polar surface area (TPSA) is 101 Å². The van der Waals surface area contributed by atoms with E-state index < -0.39 is 0 Å². The number of ether oxygens (including phenoxy) is 1. The molecule has 0 aliphatic rings. The van der Waals surface area contributed by atoms with Crippen molar-refractivity contribution in [2.24, 2.45) is 0 Å². The van der Waals surface area contributed by atoms with E-state index in [-0.39, 0.29) is 5.97 Å². The Labute approximate surface area is 172 Å². The second-order valence-corrected chi connectivity index (χ2v) is 6.38. The summed E-state index contributed by atoms with van der Waals surface area (Å²) in [6, 6.07) is 7.58. The molecule has 8 heteroatoms. The lowest BCUT2D eigenvalue weighted by atomic mass is 10.2. The molecule has 0 amide bonds. The molecule has 0 aliphatic heterocycles. The van der Waals surface area contributed by atoms with Crippen molar-refractivity contribution in [2.45, 2.75) is 39.5 Å². The molecule has 0 atom stereocenters. The zero-order valence-corrected chi connectivity index (χ0v) is 17.4. The minimum atomic E-state index is -0.353. The average molecular weight is 399 g/mol. The quantitative estimate of drug-likeness (QED) is 0.277. The van der Waals surface area contributed by atoms with Crippen LogP contribution in [0.15, 0.2) is 30.3 Å². The van der Waals surface area contributed by atoms with E-state index in [4.69, 9.17) is 4.74 Å². The molecular formula is C21H30N6O2. The van der Waals surface area contributed by atoms with Crippen LogP contribution in [0.5, 0.6) is 0 Å². The molecule has 0 fully saturated rings. The third-order valence-corrected chi connectivity index (χ3v) is 4.04. The predicted octanol–water partition coefficient (Wildman–Crippen LogP) is 4.23. The molecule has 0 bridgehead atoms. The summed E-state index contributed by atoms with van der Waals surface area (Å²) in [6.07, 6.45) is 7.84. The molecule has 1 aromatic carbocycles. The first-order valence-electron chi connectivity index (χ1n) is 10.0. The Hall–Kier alpha value is -3.16. The molecular weight excluding hydrogens is 368 g/mol. The van der Waals surface area contributed by atoms with Crippen LogP contribution in [0.2, 0.25) is 0 Å². The van der Waals surface area contributed by atoms with Gasteiger partial charge in [-0.2, -0.15) is 15.0 Å². The molecule has 2 aromatic rings. The Bertz CT molecular complexity index is 792. The van der Waals surface area contributed by atoms with Gasteiger partial charge in [-0.3, -0.25) is 0 Å². The lowest BCUT2D eigenvalue weighted by Crippen LogP contribution is -2.10. The zero-order valence-electron chi connectivity index (χ0n) is 17.4. The summed E-state index contributed by atoms with van der Waals surface area (Å²) in [5.41, 5.74) is 1.73. The number of carbonyl (C=O) groups is 1. The van der Waals surface area contributed by atoms with Gasteiger partial charge in [0, 0.05) is 25.4 Å². The molecule has 8 nitrogen and oxygen atoms in total. The van der Waals surface area contributed by atoms with E-state index in [2.05, 4.69) is 37.8 Å². The Morgan fingerprint density at radius 1 is 1.00 bits per heavy atom. The SMILES string of the molecule is CCCCCCNc1nc(NC)nc(Nc2ccc(/C=C/C(=O)OCC)cc2)n1. The minimum absolute atomic E-state index is 0.353. The van der Waals surface area contributed by atoms with Crippen molar-refractivity contribution in [1.82, 2.24) is 15.0 Å². The maximum Gasteiger partial charge on any atom is 0.330 e. The van der Waals surface area contributed by atoms with Crippen molar-refractivity contribution in [2.75, 3.05) is 36.1 Å². The Morgan fingerprint density at radius 3 is 2.41 bits per heavy atom. The lowest BCUT2D eigenvalue weighted by molar-refractivity contribution is -0.137. The van der Waals surface area contributed by atoms with Gasteiger partial charge in [-0.25, -0.2) is 4.79 Å². The number of nitrogens with one attached hydrogen (secondary N) is 3. The fourth-order valence-corrected chi connectivity index (χ4v) is 2.54. The fraction of sp³-hybridized carbons (Fsp3) is 0.429. The normalized spacial score (nSPS) is 10.7. The van der Waals surface area contributed by atoms with Crippen molar-refractivity contribution in [3.63, 3.8) is 0 Å². The number of unbranched alkanes of at least 4 members (excludes halogenated alkanes) is 3. The monoisotopic (exact) mass is 398 g/mol. The molecule has 0 saturated heterocycles. The summed E-state index contributed by atoms with van der Waals surface area (Å²) >= 11 is 0. The van der Waals surface area contributed by atoms with Gasteiger partial charge in [0.1, 0.15) is 0 Å². The number of carbonyl (C=O) groups excluding carboxylic acids is 1. The van der Waals surface area contributed by atoms with Crippen LogP contribution >= 0.6 is 0 Å². The summed E-state index contributed by atoms with van der Waals surface area (Å²) in [5.74, 6) is 1.13. The summed E-state index contributed by atoms with van der Waals surface area (Å²) < 4.78 is 4.87. The van der Waals surface area contributed by atoms with Crippen LogP contribution in [-0.4, -0.2) is 41.1 Å². The number of esters is 1. The van der Waals surface area contributed by atoms with Gasteiger partial charge in [-0.05, 0) is 37.1 Å². The summed E-state index contributed by atoms with van der Waals surface area (Å²) in [4.78, 5) is 24.5. The molecule has 0 saturated carbocycles. The van der Waals surface area contributed by atoms with Crippen LogP contribution in [0.25, 0.3) is 6.08 Å². The van der Waals surface area contributed by atoms with E-state index >= 15 is 0 Å². The van der Waals surface area contributed by atoms with Crippen molar-refractivity contribution in [3.8, 4) is 0 Å². The van der Waals surface area contributed by atoms with Crippen LogP contribution in [0, 0.1) is 0 Å². The molecule has 2 rings (SSSR count). The van der Waals surface area contributed by atoms with E-state index in [0.29, 0.717) is 24.5 Å². The van der Waals surface area contributed by atoms with Gasteiger partial charge in [0.05, 0.1) is 6.61 Å². The van der Waals surface area contributed by atoms with Crippen molar-refractivity contribution in [1.29, 1.82) is 0 Å². The summed E-state index contributed by atoms with van der Waals surface area (Å²) in [5, 5.41) is 9.40. The second kappa shape index (κ2) is 12.3. The van der Waals surface area contributed by atoms with E-state index in [1.165, 1.54) is 25.3 Å². The highest BCUT2D eigenvalue weighted by Gasteiger charge is 2.06. The standard InChI is InChI=1S/C21H30N6O2/c1-4-6-7-8-15-23-20-25-19(22-3)26-21(27-20)24-17-12-9-16(10-13-17)11-14-18(28)29-5-2/h9-14H,4-8,15H2,1-3H3,(H3,22,23,24,25,26,27)/b14-11+. The highest BCUT2D eigenvalue weighted by Crippen LogP contribution is 2.17. The molecule has 0 radical (unpaired) electrons. The second-order valence-electron chi connectivity index (χ2n) is 6.38. The fourth-order valence-electron chi connectivity index (χ4n) is 2.54. The van der Waals surface area contributed by atoms with Gasteiger partial charge < -0.3 is 20.7 Å². The first-order chi connectivity index (χ1) is 14.1. The molecule has 0 unspecified atom stereocenters. The maximum atomic E-state index is 11.4. The molecule has 1 heterocycles. The lowest BCUT2D eigenvalue weighted by Gasteiger charge is -2.10. The van der Waals surface area contributed by atoms with E-state index in [1.54, 1.807) is 20.0 Å². The van der Waals surface area contributed by atoms with Gasteiger partial charge in [-0.15, -0.1) is 0 Å². The maximum absolute atomic E-state index is 11.4.